The third-order valence-electron chi connectivity index (χ3n) is 4.23. The fraction of sp³-hybridized carbons (Fsp3) is 0.381. The van der Waals surface area contributed by atoms with Gasteiger partial charge in [0.25, 0.3) is 0 Å². The molecule has 0 spiro atoms. The number of rotatable bonds is 8. The molecular formula is C21H26O3. The van der Waals surface area contributed by atoms with Gasteiger partial charge in [-0.15, -0.1) is 0 Å². The van der Waals surface area contributed by atoms with E-state index in [9.17, 15) is 4.79 Å². The van der Waals surface area contributed by atoms with E-state index in [1.54, 1.807) is 6.26 Å². The average Bonchev–Trinajstić information content (AvgIpc) is 3.05. The molecule has 0 aliphatic heterocycles. The van der Waals surface area contributed by atoms with Crippen LogP contribution in [0.3, 0.4) is 0 Å². The monoisotopic (exact) mass is 326 g/mol. The summed E-state index contributed by atoms with van der Waals surface area (Å²) < 4.78 is 11.1. The fourth-order valence-corrected chi connectivity index (χ4v) is 2.88. The lowest BCUT2D eigenvalue weighted by molar-refractivity contribution is -0.148. The average molecular weight is 326 g/mol. The quantitative estimate of drug-likeness (QED) is 0.488. The smallest absolute Gasteiger partial charge is 0.313 e. The molecule has 3 heteroatoms. The van der Waals surface area contributed by atoms with Crippen molar-refractivity contribution in [2.45, 2.75) is 46.6 Å². The van der Waals surface area contributed by atoms with E-state index in [-0.39, 0.29) is 18.5 Å². The highest BCUT2D eigenvalue weighted by Gasteiger charge is 2.21. The third-order valence-corrected chi connectivity index (χ3v) is 4.23. The molecule has 1 unspecified atom stereocenters. The molecule has 0 bridgehead atoms. The van der Waals surface area contributed by atoms with Crippen LogP contribution in [-0.2, 0) is 22.6 Å². The number of carbonyl (C=O) groups is 1. The SMILES string of the molecule is CC=C(CC)C(CC)C(=O)OCc1coc(Cc2ccccc2)c1. The zero-order chi connectivity index (χ0) is 17.4. The number of ether oxygens (including phenoxy) is 1. The Balaban J connectivity index is 1.91. The molecule has 1 aromatic carbocycles. The zero-order valence-corrected chi connectivity index (χ0v) is 14.7. The van der Waals surface area contributed by atoms with E-state index in [4.69, 9.17) is 9.15 Å². The highest BCUT2D eigenvalue weighted by atomic mass is 16.5. The van der Waals surface area contributed by atoms with Crippen molar-refractivity contribution in [1.29, 1.82) is 0 Å². The zero-order valence-electron chi connectivity index (χ0n) is 14.7. The van der Waals surface area contributed by atoms with Crippen LogP contribution in [0.5, 0.6) is 0 Å². The number of furan rings is 1. The molecule has 24 heavy (non-hydrogen) atoms. The maximum absolute atomic E-state index is 12.3. The van der Waals surface area contributed by atoms with Gasteiger partial charge >= 0.3 is 5.97 Å². The summed E-state index contributed by atoms with van der Waals surface area (Å²) in [5, 5.41) is 0. The number of allylic oxidation sites excluding steroid dienone is 1. The molecule has 3 nitrogen and oxygen atoms in total. The Morgan fingerprint density at radius 3 is 2.58 bits per heavy atom. The van der Waals surface area contributed by atoms with Gasteiger partial charge in [-0.05, 0) is 31.4 Å². The first-order chi connectivity index (χ1) is 11.7. The molecule has 0 radical (unpaired) electrons. The Hall–Kier alpha value is -2.29. The van der Waals surface area contributed by atoms with E-state index < -0.39 is 0 Å². The van der Waals surface area contributed by atoms with E-state index in [1.165, 1.54) is 5.56 Å². The van der Waals surface area contributed by atoms with Crippen molar-refractivity contribution in [3.63, 3.8) is 0 Å². The summed E-state index contributed by atoms with van der Waals surface area (Å²) >= 11 is 0. The van der Waals surface area contributed by atoms with Gasteiger partial charge in [0.05, 0.1) is 12.2 Å². The van der Waals surface area contributed by atoms with E-state index in [2.05, 4.69) is 19.1 Å². The second kappa shape index (κ2) is 9.11. The van der Waals surface area contributed by atoms with Crippen molar-refractivity contribution in [3.05, 3.63) is 71.2 Å². The first-order valence-corrected chi connectivity index (χ1v) is 8.59. The normalized spacial score (nSPS) is 12.9. The molecule has 1 aromatic heterocycles. The van der Waals surface area contributed by atoms with Crippen LogP contribution in [0.4, 0.5) is 0 Å². The predicted octanol–water partition coefficient (Wildman–Crippen LogP) is 5.30. The summed E-state index contributed by atoms with van der Waals surface area (Å²) in [6.07, 6.45) is 6.06. The Labute approximate surface area is 144 Å². The van der Waals surface area contributed by atoms with Crippen LogP contribution in [0, 0.1) is 5.92 Å². The summed E-state index contributed by atoms with van der Waals surface area (Å²) in [6, 6.07) is 12.1. The number of hydrogen-bond acceptors (Lipinski definition) is 3. The maximum atomic E-state index is 12.3. The van der Waals surface area contributed by atoms with Gasteiger partial charge in [-0.2, -0.15) is 0 Å². The second-order valence-corrected chi connectivity index (χ2v) is 5.87. The highest BCUT2D eigenvalue weighted by Crippen LogP contribution is 2.21. The van der Waals surface area contributed by atoms with Crippen molar-refractivity contribution in [2.75, 3.05) is 0 Å². The van der Waals surface area contributed by atoms with Crippen molar-refractivity contribution in [3.8, 4) is 0 Å². The van der Waals surface area contributed by atoms with Gasteiger partial charge in [0.1, 0.15) is 12.4 Å². The Kier molecular flexibility index (Phi) is 6.86. The largest absolute Gasteiger partial charge is 0.469 e. The first kappa shape index (κ1) is 18.1. The fourth-order valence-electron chi connectivity index (χ4n) is 2.88. The molecule has 0 fully saturated rings. The molecule has 0 N–H and O–H groups in total. The van der Waals surface area contributed by atoms with Gasteiger partial charge in [0.15, 0.2) is 0 Å². The summed E-state index contributed by atoms with van der Waals surface area (Å²) in [4.78, 5) is 12.3. The molecule has 0 aliphatic rings. The summed E-state index contributed by atoms with van der Waals surface area (Å²) in [7, 11) is 0. The van der Waals surface area contributed by atoms with Crippen LogP contribution in [0.25, 0.3) is 0 Å². The van der Waals surface area contributed by atoms with Crippen LogP contribution in [0.15, 0.2) is 58.7 Å². The number of carbonyl (C=O) groups excluding carboxylic acids is 1. The molecule has 0 saturated heterocycles. The molecule has 0 saturated carbocycles. The first-order valence-electron chi connectivity index (χ1n) is 8.59. The minimum absolute atomic E-state index is 0.143. The van der Waals surface area contributed by atoms with Crippen molar-refractivity contribution >= 4 is 5.97 Å². The molecule has 0 amide bonds. The Morgan fingerprint density at radius 2 is 1.96 bits per heavy atom. The molecule has 1 heterocycles. The van der Waals surface area contributed by atoms with E-state index in [0.717, 1.165) is 36.2 Å². The molecule has 128 valence electrons. The minimum atomic E-state index is -0.154. The lowest BCUT2D eigenvalue weighted by atomic mass is 9.94. The standard InChI is InChI=1S/C21H26O3/c1-4-18(5-2)20(6-3)21(22)24-15-17-13-19(23-14-17)12-16-10-8-7-9-11-16/h4,7-11,13-14,20H,5-6,12,15H2,1-3H3. The number of hydrogen-bond donors (Lipinski definition) is 0. The number of benzene rings is 1. The Bertz CT molecular complexity index is 667. The van der Waals surface area contributed by atoms with E-state index >= 15 is 0 Å². The minimum Gasteiger partial charge on any atom is -0.469 e. The highest BCUT2D eigenvalue weighted by molar-refractivity contribution is 5.75. The van der Waals surface area contributed by atoms with Crippen molar-refractivity contribution in [2.24, 2.45) is 5.92 Å². The van der Waals surface area contributed by atoms with E-state index in [0.29, 0.717) is 0 Å². The van der Waals surface area contributed by atoms with Gasteiger partial charge in [0, 0.05) is 12.0 Å². The topological polar surface area (TPSA) is 39.4 Å². The second-order valence-electron chi connectivity index (χ2n) is 5.87. The molecule has 1 atom stereocenters. The van der Waals surface area contributed by atoms with Crippen LogP contribution < -0.4 is 0 Å². The lowest BCUT2D eigenvalue weighted by Gasteiger charge is -2.16. The molecule has 2 aromatic rings. The van der Waals surface area contributed by atoms with Crippen molar-refractivity contribution in [1.82, 2.24) is 0 Å². The van der Waals surface area contributed by atoms with Gasteiger partial charge in [-0.3, -0.25) is 4.79 Å². The van der Waals surface area contributed by atoms with Gasteiger partial charge in [-0.25, -0.2) is 0 Å². The van der Waals surface area contributed by atoms with Gasteiger partial charge in [0.2, 0.25) is 0 Å². The van der Waals surface area contributed by atoms with Gasteiger partial charge in [-0.1, -0.05) is 55.8 Å². The number of esters is 1. The van der Waals surface area contributed by atoms with E-state index in [1.807, 2.05) is 44.2 Å². The third kappa shape index (κ3) is 4.85. The van der Waals surface area contributed by atoms with Crippen LogP contribution in [0.2, 0.25) is 0 Å². The molecule has 2 rings (SSSR count). The van der Waals surface area contributed by atoms with Gasteiger partial charge < -0.3 is 9.15 Å². The Morgan fingerprint density at radius 1 is 1.21 bits per heavy atom. The maximum Gasteiger partial charge on any atom is 0.313 e. The molecular weight excluding hydrogens is 300 g/mol. The van der Waals surface area contributed by atoms with Crippen LogP contribution >= 0.6 is 0 Å². The molecule has 0 aliphatic carbocycles. The summed E-state index contributed by atoms with van der Waals surface area (Å²) in [6.45, 7) is 6.31. The predicted molar refractivity (Wildman–Crippen MR) is 95.6 cm³/mol. The van der Waals surface area contributed by atoms with Crippen LogP contribution in [0.1, 0.15) is 50.5 Å². The van der Waals surface area contributed by atoms with Crippen LogP contribution in [-0.4, -0.2) is 5.97 Å². The lowest BCUT2D eigenvalue weighted by Crippen LogP contribution is -2.19. The van der Waals surface area contributed by atoms with Crippen molar-refractivity contribution < 1.29 is 13.9 Å². The summed E-state index contributed by atoms with van der Waals surface area (Å²) in [5.74, 6) is 0.580. The summed E-state index contributed by atoms with van der Waals surface area (Å²) in [5.41, 5.74) is 3.23.